The zero-order chi connectivity index (χ0) is 36.4. The molecule has 0 aromatic heterocycles. The van der Waals surface area contributed by atoms with Crippen molar-refractivity contribution in [2.45, 2.75) is 148 Å². The number of rotatable bonds is 16. The van der Waals surface area contributed by atoms with Gasteiger partial charge in [-0.3, -0.25) is 9.59 Å². The maximum Gasteiger partial charge on any atom is 0.302 e. The Labute approximate surface area is 301 Å². The lowest BCUT2D eigenvalue weighted by Gasteiger charge is -2.47. The minimum atomic E-state index is -0.612. The minimum absolute atomic E-state index is 0.0626. The van der Waals surface area contributed by atoms with Crippen LogP contribution in [0.3, 0.4) is 0 Å². The van der Waals surface area contributed by atoms with E-state index >= 15 is 0 Å². The second-order valence-electron chi connectivity index (χ2n) is 16.6. The second kappa shape index (κ2) is 20.2. The first-order valence-electron chi connectivity index (χ1n) is 19.8. The lowest BCUT2D eigenvalue weighted by Crippen LogP contribution is -2.50. The fourth-order valence-electron chi connectivity index (χ4n) is 10.7. The van der Waals surface area contributed by atoms with E-state index in [1.807, 2.05) is 0 Å². The topological polar surface area (TPSA) is 170 Å². The van der Waals surface area contributed by atoms with Crippen molar-refractivity contribution in [3.8, 4) is 0 Å². The smallest absolute Gasteiger partial charge is 0.302 e. The number of nitrogens with two attached hydrogens (primary N) is 1. The number of carbonyl (C=O) groups excluding carboxylic acids is 2. The summed E-state index contributed by atoms with van der Waals surface area (Å²) in [6.07, 6.45) is 7.85. The number of aliphatic hydroxyl groups is 3. The van der Waals surface area contributed by atoms with Crippen LogP contribution in [0.25, 0.3) is 0 Å². The molecule has 11 nitrogen and oxygen atoms in total. The molecule has 6 N–H and O–H groups in total. The van der Waals surface area contributed by atoms with Crippen molar-refractivity contribution >= 4 is 11.9 Å². The molecule has 0 spiro atoms. The Balaban J connectivity index is 1.55. The van der Waals surface area contributed by atoms with E-state index in [0.29, 0.717) is 68.3 Å². The van der Waals surface area contributed by atoms with Gasteiger partial charge in [0.2, 0.25) is 0 Å². The zero-order valence-corrected chi connectivity index (χ0v) is 31.5. The van der Waals surface area contributed by atoms with E-state index in [4.69, 9.17) is 24.7 Å². The van der Waals surface area contributed by atoms with Crippen molar-refractivity contribution in [2.24, 2.45) is 59.0 Å². The van der Waals surface area contributed by atoms with Crippen LogP contribution >= 0.6 is 0 Å². The van der Waals surface area contributed by atoms with E-state index < -0.39 is 24.4 Å². The highest BCUT2D eigenvalue weighted by Crippen LogP contribution is 2.49. The standard InChI is InChI=1S/C39H70N2O9/c1-23(2)32-9-7-26-16-29(32)17-30(18-35(45)33(26)11-14-47-5)37(50-25(4)44)21-31(49-24(3)43)8-6-27-19-38(48-15-13-42)36(46)22-34(27)28-10-12-41-39(40)20-28/h23,26-39,41-42,45-46H,6-22,40H2,1-5H3/t26-,27?,28?,29-,30-,31-,32+,33+,34?,35-,36?,37-,38?,39?/m1/s1. The average Bonchev–Trinajstić information content (AvgIpc) is 3.05. The van der Waals surface area contributed by atoms with Gasteiger partial charge < -0.3 is 45.3 Å². The monoisotopic (exact) mass is 711 g/mol. The van der Waals surface area contributed by atoms with Crippen molar-refractivity contribution in [1.82, 2.24) is 5.32 Å². The molecule has 50 heavy (non-hydrogen) atoms. The molecule has 14 atom stereocenters. The van der Waals surface area contributed by atoms with Crippen LogP contribution in [-0.4, -0.2) is 97.4 Å². The fourth-order valence-corrected chi connectivity index (χ4v) is 10.7. The van der Waals surface area contributed by atoms with Crippen molar-refractivity contribution < 1.29 is 43.9 Å². The molecule has 3 aliphatic carbocycles. The van der Waals surface area contributed by atoms with Crippen LogP contribution in [0.4, 0.5) is 0 Å². The van der Waals surface area contributed by atoms with Crippen LogP contribution in [0, 0.1) is 53.3 Å². The summed E-state index contributed by atoms with van der Waals surface area (Å²) in [6, 6.07) is 0. The van der Waals surface area contributed by atoms with Gasteiger partial charge in [0, 0.05) is 34.0 Å². The van der Waals surface area contributed by atoms with Crippen molar-refractivity contribution in [2.75, 3.05) is 33.5 Å². The third-order valence-corrected chi connectivity index (χ3v) is 13.0. The van der Waals surface area contributed by atoms with E-state index in [0.717, 1.165) is 57.9 Å². The molecular weight excluding hydrogens is 640 g/mol. The average molecular weight is 711 g/mol. The summed E-state index contributed by atoms with van der Waals surface area (Å²) in [6.45, 7) is 9.02. The van der Waals surface area contributed by atoms with Crippen LogP contribution in [-0.2, 0) is 28.5 Å². The molecule has 2 bridgehead atoms. The second-order valence-corrected chi connectivity index (χ2v) is 16.6. The Kier molecular flexibility index (Phi) is 16.7. The van der Waals surface area contributed by atoms with Crippen LogP contribution < -0.4 is 11.1 Å². The Morgan fingerprint density at radius 2 is 1.62 bits per heavy atom. The number of carbonyl (C=O) groups is 2. The summed E-state index contributed by atoms with van der Waals surface area (Å²) in [5.74, 6) is 2.22. The molecule has 1 aliphatic heterocycles. The predicted molar refractivity (Wildman–Crippen MR) is 191 cm³/mol. The summed E-state index contributed by atoms with van der Waals surface area (Å²) in [5, 5.41) is 35.5. The summed E-state index contributed by atoms with van der Waals surface area (Å²) in [4.78, 5) is 25.2. The van der Waals surface area contributed by atoms with E-state index in [1.165, 1.54) is 13.8 Å². The Hall–Kier alpha value is -1.34. The normalized spacial score (nSPS) is 37.7. The number of nitrogens with one attached hydrogen (secondary N) is 1. The van der Waals surface area contributed by atoms with Crippen molar-refractivity contribution in [3.05, 3.63) is 0 Å². The van der Waals surface area contributed by atoms with E-state index in [2.05, 4.69) is 19.2 Å². The van der Waals surface area contributed by atoms with Crippen LogP contribution in [0.1, 0.15) is 111 Å². The number of fused-ring (bicyclic) bond motifs is 2. The van der Waals surface area contributed by atoms with Gasteiger partial charge in [-0.25, -0.2) is 0 Å². The maximum atomic E-state index is 12.7. The maximum absolute atomic E-state index is 12.7. The van der Waals surface area contributed by atoms with Gasteiger partial charge in [0.15, 0.2) is 0 Å². The fraction of sp³-hybridized carbons (Fsp3) is 0.949. The summed E-state index contributed by atoms with van der Waals surface area (Å²) >= 11 is 0. The molecule has 3 saturated carbocycles. The SMILES string of the molecule is COCC[C@H]1[C@@H]2CC[C@@H](C(C)C)[C@H](C2)C[C@@H]([C@@H](C[C@@H](CCC2CC(OCCO)C(O)CC2C2CCNC(N)C2)OC(C)=O)OC(C)=O)C[C@H]1O. The summed E-state index contributed by atoms with van der Waals surface area (Å²) < 4.78 is 23.5. The molecule has 11 heteroatoms. The molecule has 0 radical (unpaired) electrons. The van der Waals surface area contributed by atoms with Gasteiger partial charge in [-0.15, -0.1) is 0 Å². The molecule has 4 rings (SSSR count). The van der Waals surface area contributed by atoms with Gasteiger partial charge in [-0.05, 0) is 137 Å². The van der Waals surface area contributed by atoms with E-state index in [9.17, 15) is 24.9 Å². The van der Waals surface area contributed by atoms with Gasteiger partial charge in [0.25, 0.3) is 0 Å². The number of methoxy groups -OCH3 is 1. The summed E-state index contributed by atoms with van der Waals surface area (Å²) in [5.41, 5.74) is 6.32. The van der Waals surface area contributed by atoms with Gasteiger partial charge in [-0.1, -0.05) is 13.8 Å². The quantitative estimate of drug-likeness (QED) is 0.146. The molecule has 1 heterocycles. The first-order chi connectivity index (χ1) is 23.9. The van der Waals surface area contributed by atoms with Gasteiger partial charge in [0.1, 0.15) is 12.2 Å². The van der Waals surface area contributed by atoms with Crippen molar-refractivity contribution in [1.29, 1.82) is 0 Å². The Bertz CT molecular complexity index is 1030. The highest BCUT2D eigenvalue weighted by Gasteiger charge is 2.45. The molecule has 0 aromatic rings. The molecule has 0 aromatic carbocycles. The Morgan fingerprint density at radius 1 is 0.860 bits per heavy atom. The minimum Gasteiger partial charge on any atom is -0.462 e. The number of esters is 2. The molecule has 6 unspecified atom stereocenters. The highest BCUT2D eigenvalue weighted by atomic mass is 16.6. The molecule has 290 valence electrons. The number of hydrogen-bond donors (Lipinski definition) is 5. The number of piperidine rings is 1. The number of hydrogen-bond acceptors (Lipinski definition) is 11. The predicted octanol–water partition coefficient (Wildman–Crippen LogP) is 4.18. The first-order valence-corrected chi connectivity index (χ1v) is 19.8. The zero-order valence-electron chi connectivity index (χ0n) is 31.5. The molecule has 0 amide bonds. The molecule has 4 fully saturated rings. The van der Waals surface area contributed by atoms with Gasteiger partial charge >= 0.3 is 11.9 Å². The van der Waals surface area contributed by atoms with Crippen LogP contribution in [0.2, 0.25) is 0 Å². The lowest BCUT2D eigenvalue weighted by molar-refractivity contribution is -0.159. The number of ether oxygens (including phenoxy) is 4. The molecule has 4 aliphatic rings. The highest BCUT2D eigenvalue weighted by molar-refractivity contribution is 5.66. The van der Waals surface area contributed by atoms with Crippen molar-refractivity contribution in [3.63, 3.8) is 0 Å². The molecule has 1 saturated heterocycles. The lowest BCUT2D eigenvalue weighted by atomic mass is 9.60. The van der Waals surface area contributed by atoms with Crippen LogP contribution in [0.5, 0.6) is 0 Å². The third kappa shape index (κ3) is 11.8. The largest absolute Gasteiger partial charge is 0.462 e. The first kappa shape index (κ1) is 41.4. The summed E-state index contributed by atoms with van der Waals surface area (Å²) in [7, 11) is 1.71. The van der Waals surface area contributed by atoms with E-state index in [-0.39, 0.29) is 61.1 Å². The van der Waals surface area contributed by atoms with Crippen LogP contribution in [0.15, 0.2) is 0 Å². The molecular formula is C39H70N2O9. The third-order valence-electron chi connectivity index (χ3n) is 13.0. The number of aliphatic hydroxyl groups excluding tert-OH is 3. The van der Waals surface area contributed by atoms with Gasteiger partial charge in [0.05, 0.1) is 37.7 Å². The van der Waals surface area contributed by atoms with Gasteiger partial charge in [-0.2, -0.15) is 0 Å². The Morgan fingerprint density at radius 3 is 2.28 bits per heavy atom. The van der Waals surface area contributed by atoms with E-state index in [1.54, 1.807) is 7.11 Å².